The maximum absolute atomic E-state index is 11.7. The Morgan fingerprint density at radius 1 is 1.17 bits per heavy atom. The Hall–Kier alpha value is -2.86. The fourth-order valence-electron chi connectivity index (χ4n) is 2.50. The maximum Gasteiger partial charge on any atom is 0.247 e. The number of carbonyl (C=O) groups is 1. The minimum absolute atomic E-state index is 0.269. The van der Waals surface area contributed by atoms with Crippen LogP contribution in [0.1, 0.15) is 0 Å². The second-order valence-corrected chi connectivity index (χ2v) is 7.44. The molecular weight excluding hydrogens is 324 g/mol. The second-order valence-electron chi connectivity index (χ2n) is 5.42. The van der Waals surface area contributed by atoms with Crippen LogP contribution in [0.3, 0.4) is 0 Å². The predicted octanol–water partition coefficient (Wildman–Crippen LogP) is 3.16. The van der Waals surface area contributed by atoms with Crippen LogP contribution in [0.2, 0.25) is 0 Å². The molecule has 3 rings (SSSR count). The molecule has 0 saturated heterocycles. The summed E-state index contributed by atoms with van der Waals surface area (Å²) in [6, 6.07) is 14.2. The first-order chi connectivity index (χ1) is 11.4. The van der Waals surface area contributed by atoms with Crippen LogP contribution >= 0.6 is 0 Å². The third kappa shape index (κ3) is 3.09. The van der Waals surface area contributed by atoms with Gasteiger partial charge in [0.1, 0.15) is 0 Å². The summed E-state index contributed by atoms with van der Waals surface area (Å²) in [5, 5.41) is 3.65. The number of rotatable bonds is 4. The number of anilines is 1. The molecule has 3 aromatic rings. The highest BCUT2D eigenvalue weighted by Crippen LogP contribution is 2.25. The third-order valence-electron chi connectivity index (χ3n) is 3.67. The zero-order valence-corrected chi connectivity index (χ0v) is 13.9. The minimum Gasteiger partial charge on any atom is -0.323 e. The summed E-state index contributed by atoms with van der Waals surface area (Å²) in [4.78, 5) is 11.7. The lowest BCUT2D eigenvalue weighted by Crippen LogP contribution is -2.06. The number of fused-ring (bicyclic) bond motifs is 1. The molecule has 5 nitrogen and oxygen atoms in total. The Labute approximate surface area is 140 Å². The fourth-order valence-corrected chi connectivity index (χ4v) is 3.16. The van der Waals surface area contributed by atoms with Gasteiger partial charge in [-0.05, 0) is 48.5 Å². The van der Waals surface area contributed by atoms with E-state index < -0.39 is 9.84 Å². The van der Waals surface area contributed by atoms with E-state index in [0.29, 0.717) is 5.69 Å². The monoisotopic (exact) mass is 340 g/mol. The van der Waals surface area contributed by atoms with E-state index in [2.05, 4.69) is 11.9 Å². The first-order valence-electron chi connectivity index (χ1n) is 7.23. The number of amides is 1. The Morgan fingerprint density at radius 2 is 1.96 bits per heavy atom. The van der Waals surface area contributed by atoms with E-state index in [1.54, 1.807) is 24.3 Å². The molecule has 0 unspecified atom stereocenters. The van der Waals surface area contributed by atoms with Crippen molar-refractivity contribution in [2.24, 2.45) is 0 Å². The topological polar surface area (TPSA) is 68.2 Å². The fraction of sp³-hybridized carbons (Fsp3) is 0.0556. The van der Waals surface area contributed by atoms with E-state index in [9.17, 15) is 13.2 Å². The second kappa shape index (κ2) is 5.98. The van der Waals surface area contributed by atoms with Gasteiger partial charge in [-0.2, -0.15) is 0 Å². The smallest absolute Gasteiger partial charge is 0.247 e. The molecule has 6 heteroatoms. The molecule has 2 aromatic carbocycles. The van der Waals surface area contributed by atoms with Crippen LogP contribution in [0.25, 0.3) is 16.6 Å². The summed E-state index contributed by atoms with van der Waals surface area (Å²) in [5.41, 5.74) is 2.35. The molecule has 24 heavy (non-hydrogen) atoms. The summed E-state index contributed by atoms with van der Waals surface area (Å²) >= 11 is 0. The van der Waals surface area contributed by atoms with Gasteiger partial charge in [-0.1, -0.05) is 12.6 Å². The number of carbonyl (C=O) groups excluding carboxylic acids is 1. The number of hydrogen-bond acceptors (Lipinski definition) is 3. The first-order valence-corrected chi connectivity index (χ1v) is 9.12. The van der Waals surface area contributed by atoms with Crippen molar-refractivity contribution in [3.8, 4) is 5.69 Å². The van der Waals surface area contributed by atoms with Crippen LogP contribution < -0.4 is 5.32 Å². The van der Waals surface area contributed by atoms with Crippen molar-refractivity contribution in [1.82, 2.24) is 4.57 Å². The Balaban J connectivity index is 2.05. The number of sulfone groups is 1. The Bertz CT molecular complexity index is 1050. The van der Waals surface area contributed by atoms with E-state index in [1.165, 1.54) is 12.3 Å². The third-order valence-corrected chi connectivity index (χ3v) is 4.78. The van der Waals surface area contributed by atoms with E-state index in [0.717, 1.165) is 16.6 Å². The van der Waals surface area contributed by atoms with Gasteiger partial charge in [0.15, 0.2) is 9.84 Å². The van der Waals surface area contributed by atoms with Gasteiger partial charge in [0, 0.05) is 29.2 Å². The van der Waals surface area contributed by atoms with E-state index >= 15 is 0 Å². The van der Waals surface area contributed by atoms with Gasteiger partial charge in [-0.25, -0.2) is 8.42 Å². The molecule has 122 valence electrons. The highest BCUT2D eigenvalue weighted by atomic mass is 32.2. The number of nitrogens with one attached hydrogen (secondary N) is 1. The largest absolute Gasteiger partial charge is 0.323 e. The molecule has 0 atom stereocenters. The van der Waals surface area contributed by atoms with Gasteiger partial charge in [-0.15, -0.1) is 0 Å². The molecule has 0 aliphatic rings. The summed E-state index contributed by atoms with van der Waals surface area (Å²) < 4.78 is 25.4. The van der Waals surface area contributed by atoms with Crippen LogP contribution in [0.5, 0.6) is 0 Å². The van der Waals surface area contributed by atoms with Crippen molar-refractivity contribution in [3.05, 3.63) is 67.4 Å². The predicted molar refractivity (Wildman–Crippen MR) is 95.2 cm³/mol. The van der Waals surface area contributed by atoms with Crippen LogP contribution in [0.4, 0.5) is 5.69 Å². The molecule has 1 N–H and O–H groups in total. The number of benzene rings is 2. The molecule has 0 aliphatic heterocycles. The molecule has 0 radical (unpaired) electrons. The van der Waals surface area contributed by atoms with Gasteiger partial charge in [0.05, 0.1) is 10.4 Å². The minimum atomic E-state index is -3.26. The van der Waals surface area contributed by atoms with Crippen LogP contribution in [0.15, 0.2) is 72.3 Å². The van der Waals surface area contributed by atoms with Gasteiger partial charge in [0.25, 0.3) is 0 Å². The van der Waals surface area contributed by atoms with Crippen molar-refractivity contribution in [1.29, 1.82) is 0 Å². The lowest BCUT2D eigenvalue weighted by atomic mass is 10.2. The standard InChI is InChI=1S/C18H16N2O3S/c1-3-18(21)19-14-7-8-17-13(11-14)9-10-20(17)15-5-4-6-16(12-15)24(2,22)23/h3-12H,1H2,2H3,(H,19,21). The van der Waals surface area contributed by atoms with Crippen LogP contribution in [0, 0.1) is 0 Å². The van der Waals surface area contributed by atoms with Crippen LogP contribution in [-0.4, -0.2) is 25.1 Å². The molecule has 0 bridgehead atoms. The summed E-state index contributed by atoms with van der Waals surface area (Å²) in [6.45, 7) is 3.43. The lowest BCUT2D eigenvalue weighted by Gasteiger charge is -2.08. The van der Waals surface area contributed by atoms with E-state index in [4.69, 9.17) is 0 Å². The summed E-state index contributed by atoms with van der Waals surface area (Å²) in [6.07, 6.45) is 4.27. The molecule has 1 heterocycles. The summed E-state index contributed by atoms with van der Waals surface area (Å²) in [5.74, 6) is -0.269. The Morgan fingerprint density at radius 3 is 2.67 bits per heavy atom. The van der Waals surface area contributed by atoms with Gasteiger partial charge < -0.3 is 9.88 Å². The molecule has 0 saturated carbocycles. The summed E-state index contributed by atoms with van der Waals surface area (Å²) in [7, 11) is -3.26. The van der Waals surface area contributed by atoms with Crippen molar-refractivity contribution >= 4 is 32.3 Å². The lowest BCUT2D eigenvalue weighted by molar-refractivity contribution is -0.111. The average molecular weight is 340 g/mol. The SMILES string of the molecule is C=CC(=O)Nc1ccc2c(ccn2-c2cccc(S(C)(=O)=O)c2)c1. The molecular formula is C18H16N2O3S. The molecule has 1 aromatic heterocycles. The van der Waals surface area contributed by atoms with E-state index in [-0.39, 0.29) is 10.8 Å². The quantitative estimate of drug-likeness (QED) is 0.742. The van der Waals surface area contributed by atoms with Crippen molar-refractivity contribution in [3.63, 3.8) is 0 Å². The number of aromatic nitrogens is 1. The molecule has 1 amide bonds. The highest BCUT2D eigenvalue weighted by Gasteiger charge is 2.10. The van der Waals surface area contributed by atoms with Crippen LogP contribution in [-0.2, 0) is 14.6 Å². The highest BCUT2D eigenvalue weighted by molar-refractivity contribution is 7.90. The van der Waals surface area contributed by atoms with Crippen molar-refractivity contribution in [2.75, 3.05) is 11.6 Å². The Kier molecular flexibility index (Phi) is 3.99. The zero-order valence-electron chi connectivity index (χ0n) is 13.1. The average Bonchev–Trinajstić information content (AvgIpc) is 2.97. The zero-order chi connectivity index (χ0) is 17.3. The molecule has 0 fully saturated rings. The van der Waals surface area contributed by atoms with E-state index in [1.807, 2.05) is 35.0 Å². The van der Waals surface area contributed by atoms with Crippen molar-refractivity contribution in [2.45, 2.75) is 4.90 Å². The van der Waals surface area contributed by atoms with Gasteiger partial charge >= 0.3 is 0 Å². The van der Waals surface area contributed by atoms with Crippen molar-refractivity contribution < 1.29 is 13.2 Å². The molecule has 0 spiro atoms. The van der Waals surface area contributed by atoms with Gasteiger partial charge in [0.2, 0.25) is 5.91 Å². The number of hydrogen-bond donors (Lipinski definition) is 1. The first kappa shape index (κ1) is 16.0. The normalized spacial score (nSPS) is 11.4. The molecule has 0 aliphatic carbocycles. The van der Waals surface area contributed by atoms with Gasteiger partial charge in [-0.3, -0.25) is 4.79 Å². The maximum atomic E-state index is 11.7. The number of nitrogens with zero attached hydrogens (tertiary/aromatic N) is 1.